The number of fused-ring (bicyclic) bond motifs is 1. The maximum absolute atomic E-state index is 7.29. The third-order valence-corrected chi connectivity index (χ3v) is 9.42. The molecular formula is C38H42O6. The zero-order chi connectivity index (χ0) is 30.5. The van der Waals surface area contributed by atoms with E-state index < -0.39 is 5.79 Å². The van der Waals surface area contributed by atoms with E-state index in [9.17, 15) is 0 Å². The molecule has 0 amide bonds. The number of ether oxygens (including phenoxy) is 6. The lowest BCUT2D eigenvalue weighted by atomic mass is 9.82. The summed E-state index contributed by atoms with van der Waals surface area (Å²) in [6.07, 6.45) is 3.49. The van der Waals surface area contributed by atoms with Gasteiger partial charge in [0.2, 0.25) is 0 Å². The van der Waals surface area contributed by atoms with E-state index in [-0.39, 0.29) is 11.8 Å². The summed E-state index contributed by atoms with van der Waals surface area (Å²) in [7, 11) is 6.67. The molecule has 6 nitrogen and oxygen atoms in total. The molecule has 2 aliphatic carbocycles. The minimum atomic E-state index is -0.953. The molecule has 0 N–H and O–H groups in total. The van der Waals surface area contributed by atoms with Crippen molar-refractivity contribution < 1.29 is 28.4 Å². The van der Waals surface area contributed by atoms with Crippen molar-refractivity contribution in [3.05, 3.63) is 119 Å². The highest BCUT2D eigenvalue weighted by atomic mass is 16.7. The van der Waals surface area contributed by atoms with Crippen LogP contribution in [0.4, 0.5) is 0 Å². The van der Waals surface area contributed by atoms with Crippen LogP contribution < -0.4 is 18.9 Å². The van der Waals surface area contributed by atoms with Gasteiger partial charge >= 0.3 is 0 Å². The molecule has 0 radical (unpaired) electrons. The van der Waals surface area contributed by atoms with Crippen LogP contribution in [0, 0.1) is 11.8 Å². The molecule has 0 saturated heterocycles. The Morgan fingerprint density at radius 3 is 1.23 bits per heavy atom. The Labute approximate surface area is 260 Å². The SMILES string of the molecule is COc1cc(COC2(OCc3cc(OC)cc(OC)c3)C(c3ccccc3)C3CCCC3C2c2ccccc2)cc(OC)c1. The van der Waals surface area contributed by atoms with E-state index in [2.05, 4.69) is 60.7 Å². The lowest BCUT2D eigenvalue weighted by Crippen LogP contribution is -2.45. The van der Waals surface area contributed by atoms with Gasteiger partial charge in [0, 0.05) is 24.0 Å². The number of hydrogen-bond donors (Lipinski definition) is 0. The molecule has 4 atom stereocenters. The van der Waals surface area contributed by atoms with Crippen molar-refractivity contribution in [1.82, 2.24) is 0 Å². The molecule has 2 saturated carbocycles. The lowest BCUT2D eigenvalue weighted by molar-refractivity contribution is -0.268. The van der Waals surface area contributed by atoms with Crippen molar-refractivity contribution in [2.75, 3.05) is 28.4 Å². The van der Waals surface area contributed by atoms with E-state index in [1.807, 2.05) is 36.4 Å². The second-order valence-corrected chi connectivity index (χ2v) is 11.8. The summed E-state index contributed by atoms with van der Waals surface area (Å²) in [4.78, 5) is 0. The Bertz CT molecular complexity index is 1360. The average Bonchev–Trinajstić information content (AvgIpc) is 3.65. The molecule has 44 heavy (non-hydrogen) atoms. The molecular weight excluding hydrogens is 552 g/mol. The third kappa shape index (κ3) is 5.89. The summed E-state index contributed by atoms with van der Waals surface area (Å²) in [6.45, 7) is 0.669. The number of benzene rings is 4. The number of hydrogen-bond acceptors (Lipinski definition) is 6. The first-order chi connectivity index (χ1) is 21.6. The summed E-state index contributed by atoms with van der Waals surface area (Å²) >= 11 is 0. The van der Waals surface area contributed by atoms with Crippen LogP contribution in [0.3, 0.4) is 0 Å². The predicted molar refractivity (Wildman–Crippen MR) is 171 cm³/mol. The standard InChI is InChI=1S/C38H42O6/c1-39-30-18-26(19-31(22-30)40-2)24-43-38(44-25-27-20-32(41-3)23-33(21-27)42-4)36(28-12-7-5-8-13-28)34-16-11-17-35(34)37(38)29-14-9-6-10-15-29/h5-10,12-15,18-23,34-37H,11,16-17,24-25H2,1-4H3. The van der Waals surface area contributed by atoms with E-state index in [4.69, 9.17) is 28.4 Å². The number of methoxy groups -OCH3 is 4. The molecule has 0 spiro atoms. The van der Waals surface area contributed by atoms with Gasteiger partial charge in [-0.25, -0.2) is 0 Å². The van der Waals surface area contributed by atoms with Crippen molar-refractivity contribution >= 4 is 0 Å². The third-order valence-electron chi connectivity index (χ3n) is 9.42. The van der Waals surface area contributed by atoms with Crippen molar-refractivity contribution in [3.8, 4) is 23.0 Å². The van der Waals surface area contributed by atoms with Crippen LogP contribution in [-0.2, 0) is 22.7 Å². The molecule has 6 rings (SSSR count). The van der Waals surface area contributed by atoms with Crippen molar-refractivity contribution in [3.63, 3.8) is 0 Å². The van der Waals surface area contributed by atoms with E-state index in [0.29, 0.717) is 25.0 Å². The lowest BCUT2D eigenvalue weighted by Gasteiger charge is -2.42. The van der Waals surface area contributed by atoms with Crippen LogP contribution in [0.15, 0.2) is 97.1 Å². The fourth-order valence-corrected chi connectivity index (χ4v) is 7.61. The average molecular weight is 595 g/mol. The van der Waals surface area contributed by atoms with Gasteiger partial charge in [-0.3, -0.25) is 0 Å². The molecule has 4 aromatic carbocycles. The first kappa shape index (κ1) is 30.0. The Hall–Kier alpha value is -4.00. The van der Waals surface area contributed by atoms with Crippen LogP contribution in [0.2, 0.25) is 0 Å². The zero-order valence-corrected chi connectivity index (χ0v) is 26.0. The molecule has 0 aromatic heterocycles. The first-order valence-corrected chi connectivity index (χ1v) is 15.4. The minimum Gasteiger partial charge on any atom is -0.497 e. The van der Waals surface area contributed by atoms with Gasteiger partial charge < -0.3 is 28.4 Å². The topological polar surface area (TPSA) is 55.4 Å². The van der Waals surface area contributed by atoms with Gasteiger partial charge in [0.05, 0.1) is 41.7 Å². The van der Waals surface area contributed by atoms with Crippen molar-refractivity contribution in [2.24, 2.45) is 11.8 Å². The first-order valence-electron chi connectivity index (χ1n) is 15.4. The Balaban J connectivity index is 1.49. The van der Waals surface area contributed by atoms with Crippen molar-refractivity contribution in [2.45, 2.75) is 50.1 Å². The molecule has 230 valence electrons. The van der Waals surface area contributed by atoms with Gasteiger partial charge in [-0.2, -0.15) is 0 Å². The second-order valence-electron chi connectivity index (χ2n) is 11.8. The molecule has 4 unspecified atom stereocenters. The monoisotopic (exact) mass is 594 g/mol. The highest BCUT2D eigenvalue weighted by Gasteiger charge is 2.64. The summed E-state index contributed by atoms with van der Waals surface area (Å²) in [5.41, 5.74) is 4.41. The van der Waals surface area contributed by atoms with Gasteiger partial charge in [0.1, 0.15) is 23.0 Å². The highest BCUT2D eigenvalue weighted by Crippen LogP contribution is 2.65. The Kier molecular flexibility index (Phi) is 9.10. The molecule has 2 fully saturated rings. The number of rotatable bonds is 12. The van der Waals surface area contributed by atoms with Gasteiger partial charge in [-0.15, -0.1) is 0 Å². The maximum Gasteiger partial charge on any atom is 0.183 e. The maximum atomic E-state index is 7.29. The summed E-state index contributed by atoms with van der Waals surface area (Å²) in [5, 5.41) is 0. The fraction of sp³-hybridized carbons (Fsp3) is 0.368. The van der Waals surface area contributed by atoms with E-state index in [1.54, 1.807) is 28.4 Å². The van der Waals surface area contributed by atoms with Gasteiger partial charge in [0.25, 0.3) is 0 Å². The molecule has 2 aliphatic rings. The molecule has 4 aromatic rings. The van der Waals surface area contributed by atoms with E-state index in [1.165, 1.54) is 17.5 Å². The Morgan fingerprint density at radius 2 is 0.886 bits per heavy atom. The molecule has 0 bridgehead atoms. The minimum absolute atomic E-state index is 0.0291. The molecule has 0 aliphatic heterocycles. The predicted octanol–water partition coefficient (Wildman–Crippen LogP) is 8.15. The smallest absolute Gasteiger partial charge is 0.183 e. The summed E-state index contributed by atoms with van der Waals surface area (Å²) in [5.74, 6) is 2.85. The van der Waals surface area contributed by atoms with Gasteiger partial charge in [-0.1, -0.05) is 67.1 Å². The van der Waals surface area contributed by atoms with Crippen molar-refractivity contribution in [1.29, 1.82) is 0 Å². The van der Waals surface area contributed by atoms with Crippen LogP contribution in [-0.4, -0.2) is 34.2 Å². The fourth-order valence-electron chi connectivity index (χ4n) is 7.61. The quantitative estimate of drug-likeness (QED) is 0.154. The second kappa shape index (κ2) is 13.3. The highest BCUT2D eigenvalue weighted by molar-refractivity contribution is 5.40. The van der Waals surface area contributed by atoms with Crippen LogP contribution in [0.25, 0.3) is 0 Å². The largest absolute Gasteiger partial charge is 0.497 e. The summed E-state index contributed by atoms with van der Waals surface area (Å²) < 4.78 is 36.9. The van der Waals surface area contributed by atoms with Crippen LogP contribution >= 0.6 is 0 Å². The molecule has 0 heterocycles. The van der Waals surface area contributed by atoms with Crippen LogP contribution in [0.5, 0.6) is 23.0 Å². The van der Waals surface area contributed by atoms with Gasteiger partial charge in [0.15, 0.2) is 5.79 Å². The van der Waals surface area contributed by atoms with Crippen LogP contribution in [0.1, 0.15) is 53.4 Å². The zero-order valence-electron chi connectivity index (χ0n) is 26.0. The molecule has 6 heteroatoms. The van der Waals surface area contributed by atoms with Gasteiger partial charge in [-0.05, 0) is 71.2 Å². The Morgan fingerprint density at radius 1 is 0.523 bits per heavy atom. The normalized spacial score (nSPS) is 21.9. The van der Waals surface area contributed by atoms with E-state index >= 15 is 0 Å². The van der Waals surface area contributed by atoms with E-state index in [0.717, 1.165) is 47.0 Å². The summed E-state index contributed by atoms with van der Waals surface area (Å²) in [6, 6.07) is 33.4.